The Morgan fingerprint density at radius 3 is 2.45 bits per heavy atom. The van der Waals surface area contributed by atoms with E-state index in [1.54, 1.807) is 0 Å². The molecule has 6 heteroatoms. The van der Waals surface area contributed by atoms with Crippen LogP contribution in [-0.4, -0.2) is 23.0 Å². The summed E-state index contributed by atoms with van der Waals surface area (Å²) in [6.45, 7) is 6.05. The van der Waals surface area contributed by atoms with Gasteiger partial charge in [-0.25, -0.2) is 4.98 Å². The Balaban J connectivity index is 2.22. The van der Waals surface area contributed by atoms with Crippen LogP contribution in [0.25, 0.3) is 0 Å². The predicted molar refractivity (Wildman–Crippen MR) is 80.4 cm³/mol. The van der Waals surface area contributed by atoms with E-state index in [-0.39, 0.29) is 10.6 Å². The molecule has 0 unspecified atom stereocenters. The zero-order chi connectivity index (χ0) is 14.8. The third-order valence-corrected chi connectivity index (χ3v) is 4.85. The fourth-order valence-electron chi connectivity index (χ4n) is 2.94. The highest BCUT2D eigenvalue weighted by atomic mass is 35.5. The van der Waals surface area contributed by atoms with Crippen molar-refractivity contribution in [3.8, 4) is 0 Å². The Morgan fingerprint density at radius 2 is 1.95 bits per heavy atom. The molecule has 2 rings (SSSR count). The second-order valence-corrected chi connectivity index (χ2v) is 5.82. The molecule has 0 saturated carbocycles. The zero-order valence-electron chi connectivity index (χ0n) is 11.9. The van der Waals surface area contributed by atoms with Crippen LogP contribution in [0, 0.1) is 15.5 Å². The van der Waals surface area contributed by atoms with Crippen LogP contribution < -0.4 is 4.90 Å². The minimum Gasteiger partial charge on any atom is -0.351 e. The van der Waals surface area contributed by atoms with Crippen molar-refractivity contribution in [1.82, 2.24) is 4.98 Å². The summed E-state index contributed by atoms with van der Waals surface area (Å²) in [5, 5.41) is 11.4. The van der Waals surface area contributed by atoms with Gasteiger partial charge in [-0.2, -0.15) is 0 Å². The van der Waals surface area contributed by atoms with Crippen LogP contribution >= 0.6 is 11.6 Å². The summed E-state index contributed by atoms with van der Waals surface area (Å²) in [4.78, 5) is 16.9. The molecule has 5 nitrogen and oxygen atoms in total. The van der Waals surface area contributed by atoms with Crippen molar-refractivity contribution in [2.24, 2.45) is 5.41 Å². The Bertz CT molecular complexity index is 493. The number of hydrogen-bond acceptors (Lipinski definition) is 4. The predicted octanol–water partition coefficient (Wildman–Crippen LogP) is 4.05. The molecule has 1 aromatic heterocycles. The van der Waals surface area contributed by atoms with Gasteiger partial charge < -0.3 is 4.90 Å². The summed E-state index contributed by atoms with van der Waals surface area (Å²) in [6, 6.07) is 2.90. The van der Waals surface area contributed by atoms with Gasteiger partial charge in [0.1, 0.15) is 5.15 Å². The Kier molecular flexibility index (Phi) is 4.48. The number of rotatable bonds is 4. The van der Waals surface area contributed by atoms with Crippen LogP contribution in [0.15, 0.2) is 12.1 Å². The first-order chi connectivity index (χ1) is 9.51. The number of halogens is 1. The van der Waals surface area contributed by atoms with Crippen LogP contribution in [-0.2, 0) is 0 Å². The molecule has 0 N–H and O–H groups in total. The molecule has 2 heterocycles. The number of anilines is 1. The van der Waals surface area contributed by atoms with Crippen LogP contribution in [0.3, 0.4) is 0 Å². The summed E-state index contributed by atoms with van der Waals surface area (Å²) < 4.78 is 0. The van der Waals surface area contributed by atoms with E-state index in [2.05, 4.69) is 18.8 Å². The van der Waals surface area contributed by atoms with Crippen molar-refractivity contribution >= 4 is 23.1 Å². The number of nitrogens with zero attached hydrogens (tertiary/aromatic N) is 3. The van der Waals surface area contributed by atoms with Crippen molar-refractivity contribution in [3.63, 3.8) is 0 Å². The SMILES string of the molecule is CCC1(CC)CCN(c2nc(Cl)ccc2[N+](=O)[O-])CC1. The van der Waals surface area contributed by atoms with Crippen LogP contribution in [0.4, 0.5) is 11.5 Å². The molecule has 1 aliphatic heterocycles. The molecule has 1 fully saturated rings. The van der Waals surface area contributed by atoms with Crippen LogP contribution in [0.1, 0.15) is 39.5 Å². The van der Waals surface area contributed by atoms with Crippen molar-refractivity contribution in [3.05, 3.63) is 27.4 Å². The summed E-state index contributed by atoms with van der Waals surface area (Å²) in [5.74, 6) is 0.406. The summed E-state index contributed by atoms with van der Waals surface area (Å²) in [6.07, 6.45) is 4.40. The fourth-order valence-corrected chi connectivity index (χ4v) is 3.09. The molecule has 0 aliphatic carbocycles. The topological polar surface area (TPSA) is 59.3 Å². The molecule has 1 saturated heterocycles. The van der Waals surface area contributed by atoms with Crippen molar-refractivity contribution < 1.29 is 4.92 Å². The molecule has 0 radical (unpaired) electrons. The maximum Gasteiger partial charge on any atom is 0.311 e. The normalized spacial score (nSPS) is 18.1. The van der Waals surface area contributed by atoms with E-state index < -0.39 is 0 Å². The van der Waals surface area contributed by atoms with Gasteiger partial charge in [0.15, 0.2) is 0 Å². The maximum absolute atomic E-state index is 11.1. The first kappa shape index (κ1) is 15.0. The first-order valence-electron chi connectivity index (χ1n) is 7.07. The molecule has 0 atom stereocenters. The molecular formula is C14H20ClN3O2. The van der Waals surface area contributed by atoms with Crippen LogP contribution in [0.2, 0.25) is 5.15 Å². The highest BCUT2D eigenvalue weighted by Gasteiger charge is 2.33. The van der Waals surface area contributed by atoms with Gasteiger partial charge in [-0.05, 0) is 24.3 Å². The molecule has 0 aromatic carbocycles. The van der Waals surface area contributed by atoms with E-state index in [1.807, 2.05) is 4.90 Å². The monoisotopic (exact) mass is 297 g/mol. The third kappa shape index (κ3) is 2.87. The largest absolute Gasteiger partial charge is 0.351 e. The van der Waals surface area contributed by atoms with Gasteiger partial charge in [0, 0.05) is 19.2 Å². The van der Waals surface area contributed by atoms with E-state index in [0.717, 1.165) is 38.8 Å². The van der Waals surface area contributed by atoms with E-state index in [4.69, 9.17) is 11.6 Å². The first-order valence-corrected chi connectivity index (χ1v) is 7.45. The van der Waals surface area contributed by atoms with E-state index in [9.17, 15) is 10.1 Å². The highest BCUT2D eigenvalue weighted by molar-refractivity contribution is 6.29. The summed E-state index contributed by atoms with van der Waals surface area (Å²) in [5.41, 5.74) is 0.416. The maximum atomic E-state index is 11.1. The van der Waals surface area contributed by atoms with Crippen molar-refractivity contribution in [1.29, 1.82) is 0 Å². The Labute approximate surface area is 124 Å². The quantitative estimate of drug-likeness (QED) is 0.478. The fraction of sp³-hybridized carbons (Fsp3) is 0.643. The molecule has 0 bridgehead atoms. The number of pyridine rings is 1. The standard InChI is InChI=1S/C14H20ClN3O2/c1-3-14(4-2)7-9-17(10-8-14)13-11(18(19)20)5-6-12(15)16-13/h5-6H,3-4,7-10H2,1-2H3. The second-order valence-electron chi connectivity index (χ2n) is 5.43. The van der Waals surface area contributed by atoms with Gasteiger partial charge in [0.2, 0.25) is 5.82 Å². The second kappa shape index (κ2) is 5.95. The van der Waals surface area contributed by atoms with Crippen molar-refractivity contribution in [2.45, 2.75) is 39.5 Å². The molecule has 1 aliphatic rings. The molecule has 0 amide bonds. The van der Waals surface area contributed by atoms with Crippen molar-refractivity contribution in [2.75, 3.05) is 18.0 Å². The number of piperidine rings is 1. The Morgan fingerprint density at radius 1 is 1.35 bits per heavy atom. The lowest BCUT2D eigenvalue weighted by atomic mass is 9.74. The van der Waals surface area contributed by atoms with Crippen LogP contribution in [0.5, 0.6) is 0 Å². The molecule has 20 heavy (non-hydrogen) atoms. The lowest BCUT2D eigenvalue weighted by molar-refractivity contribution is -0.384. The lowest BCUT2D eigenvalue weighted by Gasteiger charge is -2.41. The van der Waals surface area contributed by atoms with Gasteiger partial charge in [0.25, 0.3) is 0 Å². The van der Waals surface area contributed by atoms with Gasteiger partial charge >= 0.3 is 5.69 Å². The average molecular weight is 298 g/mol. The minimum absolute atomic E-state index is 0.0369. The van der Waals surface area contributed by atoms with Gasteiger partial charge in [-0.3, -0.25) is 10.1 Å². The molecule has 0 spiro atoms. The number of nitro groups is 1. The Hall–Kier alpha value is -1.36. The van der Waals surface area contributed by atoms with E-state index in [1.165, 1.54) is 12.1 Å². The smallest absolute Gasteiger partial charge is 0.311 e. The molecular weight excluding hydrogens is 278 g/mol. The number of hydrogen-bond donors (Lipinski definition) is 0. The van der Waals surface area contributed by atoms with Gasteiger partial charge in [-0.15, -0.1) is 0 Å². The van der Waals surface area contributed by atoms with Gasteiger partial charge in [-0.1, -0.05) is 38.3 Å². The van der Waals surface area contributed by atoms with E-state index in [0.29, 0.717) is 16.4 Å². The lowest BCUT2D eigenvalue weighted by Crippen LogP contribution is -2.40. The van der Waals surface area contributed by atoms with E-state index >= 15 is 0 Å². The summed E-state index contributed by atoms with van der Waals surface area (Å²) in [7, 11) is 0. The average Bonchev–Trinajstić information content (AvgIpc) is 2.47. The minimum atomic E-state index is -0.389. The zero-order valence-corrected chi connectivity index (χ0v) is 12.7. The summed E-state index contributed by atoms with van der Waals surface area (Å²) >= 11 is 5.89. The van der Waals surface area contributed by atoms with Gasteiger partial charge in [0.05, 0.1) is 4.92 Å². The highest BCUT2D eigenvalue weighted by Crippen LogP contribution is 2.40. The third-order valence-electron chi connectivity index (χ3n) is 4.64. The number of aromatic nitrogens is 1. The molecule has 110 valence electrons. The molecule has 1 aromatic rings.